The summed E-state index contributed by atoms with van der Waals surface area (Å²) in [6, 6.07) is 0. The first kappa shape index (κ1) is 13.7. The van der Waals surface area contributed by atoms with Crippen molar-refractivity contribution in [2.75, 3.05) is 13.2 Å². The van der Waals surface area contributed by atoms with Crippen molar-refractivity contribution < 1.29 is 19.1 Å². The maximum atomic E-state index is 11.4. The molecule has 0 aromatic carbocycles. The average Bonchev–Trinajstić information content (AvgIpc) is 2.19. The Morgan fingerprint density at radius 2 is 1.87 bits per heavy atom. The van der Waals surface area contributed by atoms with Gasteiger partial charge in [-0.3, -0.25) is 9.59 Å². The molecular weight excluding hydrogens is 196 g/mol. The van der Waals surface area contributed by atoms with Gasteiger partial charge in [-0.1, -0.05) is 13.0 Å². The van der Waals surface area contributed by atoms with Crippen molar-refractivity contribution in [2.45, 2.75) is 26.7 Å². The number of hydrogen-bond acceptors (Lipinski definition) is 4. The molecule has 0 aliphatic heterocycles. The second kappa shape index (κ2) is 8.03. The van der Waals surface area contributed by atoms with Gasteiger partial charge in [0.05, 0.1) is 13.2 Å². The third kappa shape index (κ3) is 5.20. The van der Waals surface area contributed by atoms with Crippen molar-refractivity contribution >= 4 is 11.9 Å². The summed E-state index contributed by atoms with van der Waals surface area (Å²) in [5, 5.41) is 0. The minimum atomic E-state index is -0.797. The quantitative estimate of drug-likeness (QED) is 0.280. The first-order valence-electron chi connectivity index (χ1n) is 5.11. The van der Waals surface area contributed by atoms with Gasteiger partial charge < -0.3 is 9.47 Å². The summed E-state index contributed by atoms with van der Waals surface area (Å²) in [7, 11) is 0. The fraction of sp³-hybridized carbons (Fsp3) is 0.636. The van der Waals surface area contributed by atoms with Gasteiger partial charge in [0, 0.05) is 0 Å². The van der Waals surface area contributed by atoms with Crippen LogP contribution < -0.4 is 0 Å². The number of ether oxygens (including phenoxy) is 2. The SMILES string of the molecule is C=CCCOC(=O)C(CC)C(=O)OCC. The van der Waals surface area contributed by atoms with Gasteiger partial charge in [0.2, 0.25) is 0 Å². The van der Waals surface area contributed by atoms with Gasteiger partial charge in [-0.05, 0) is 19.8 Å². The van der Waals surface area contributed by atoms with Gasteiger partial charge in [-0.15, -0.1) is 6.58 Å². The van der Waals surface area contributed by atoms with E-state index in [2.05, 4.69) is 6.58 Å². The zero-order valence-corrected chi connectivity index (χ0v) is 9.32. The van der Waals surface area contributed by atoms with Crippen molar-refractivity contribution in [3.8, 4) is 0 Å². The van der Waals surface area contributed by atoms with Crippen LogP contribution >= 0.6 is 0 Å². The summed E-state index contributed by atoms with van der Waals surface area (Å²) >= 11 is 0. The second-order valence-corrected chi connectivity index (χ2v) is 2.96. The lowest BCUT2D eigenvalue weighted by Gasteiger charge is -2.12. The Kier molecular flexibility index (Phi) is 7.32. The van der Waals surface area contributed by atoms with Crippen LogP contribution in [0, 0.1) is 5.92 Å². The molecule has 0 N–H and O–H groups in total. The highest BCUT2D eigenvalue weighted by molar-refractivity contribution is 5.94. The smallest absolute Gasteiger partial charge is 0.320 e. The maximum Gasteiger partial charge on any atom is 0.320 e. The van der Waals surface area contributed by atoms with Crippen LogP contribution in [0.3, 0.4) is 0 Å². The fourth-order valence-corrected chi connectivity index (χ4v) is 1.02. The molecule has 0 saturated carbocycles. The Labute approximate surface area is 90.2 Å². The highest BCUT2D eigenvalue weighted by Crippen LogP contribution is 2.08. The van der Waals surface area contributed by atoms with Gasteiger partial charge in [0.15, 0.2) is 5.92 Å². The topological polar surface area (TPSA) is 52.6 Å². The summed E-state index contributed by atoms with van der Waals surface area (Å²) in [5.41, 5.74) is 0. The third-order valence-electron chi connectivity index (χ3n) is 1.83. The molecule has 1 unspecified atom stereocenters. The summed E-state index contributed by atoms with van der Waals surface area (Å²) in [6.07, 6.45) is 2.63. The molecule has 0 aliphatic carbocycles. The van der Waals surface area contributed by atoms with Gasteiger partial charge >= 0.3 is 11.9 Å². The largest absolute Gasteiger partial charge is 0.465 e. The molecule has 0 aromatic heterocycles. The molecule has 1 atom stereocenters. The van der Waals surface area contributed by atoms with Crippen LogP contribution in [0.25, 0.3) is 0 Å². The van der Waals surface area contributed by atoms with E-state index in [1.54, 1.807) is 19.9 Å². The van der Waals surface area contributed by atoms with E-state index in [9.17, 15) is 9.59 Å². The standard InChI is InChI=1S/C11H18O4/c1-4-7-8-15-11(13)9(5-2)10(12)14-6-3/h4,9H,1,5-8H2,2-3H3. The zero-order chi connectivity index (χ0) is 11.7. The Morgan fingerprint density at radius 3 is 2.33 bits per heavy atom. The van der Waals surface area contributed by atoms with Crippen LogP contribution in [0.4, 0.5) is 0 Å². The molecule has 0 rings (SSSR count). The van der Waals surface area contributed by atoms with Crippen molar-refractivity contribution in [2.24, 2.45) is 5.92 Å². The molecule has 0 aromatic rings. The number of rotatable bonds is 7. The van der Waals surface area contributed by atoms with Crippen molar-refractivity contribution in [1.82, 2.24) is 0 Å². The zero-order valence-electron chi connectivity index (χ0n) is 9.32. The minimum absolute atomic E-state index is 0.262. The Morgan fingerprint density at radius 1 is 1.27 bits per heavy atom. The molecule has 0 spiro atoms. The Hall–Kier alpha value is -1.32. The predicted molar refractivity (Wildman–Crippen MR) is 56.2 cm³/mol. The fourth-order valence-electron chi connectivity index (χ4n) is 1.02. The third-order valence-corrected chi connectivity index (χ3v) is 1.83. The monoisotopic (exact) mass is 214 g/mol. The van der Waals surface area contributed by atoms with Crippen LogP contribution in [-0.2, 0) is 19.1 Å². The van der Waals surface area contributed by atoms with E-state index in [4.69, 9.17) is 9.47 Å². The number of carbonyl (C=O) groups is 2. The van der Waals surface area contributed by atoms with E-state index in [1.807, 2.05) is 0 Å². The molecule has 86 valence electrons. The first-order chi connectivity index (χ1) is 7.17. The van der Waals surface area contributed by atoms with Crippen LogP contribution in [-0.4, -0.2) is 25.2 Å². The molecule has 0 heterocycles. The van der Waals surface area contributed by atoms with Crippen LogP contribution in [0.1, 0.15) is 26.7 Å². The minimum Gasteiger partial charge on any atom is -0.465 e. The van der Waals surface area contributed by atoms with Gasteiger partial charge in [-0.2, -0.15) is 0 Å². The summed E-state index contributed by atoms with van der Waals surface area (Å²) in [4.78, 5) is 22.7. The first-order valence-corrected chi connectivity index (χ1v) is 5.11. The number of hydrogen-bond donors (Lipinski definition) is 0. The normalized spacial score (nSPS) is 11.6. The molecule has 0 bridgehead atoms. The Bertz CT molecular complexity index is 223. The van der Waals surface area contributed by atoms with Crippen molar-refractivity contribution in [3.63, 3.8) is 0 Å². The molecule has 0 aliphatic rings. The molecule has 0 amide bonds. The van der Waals surface area contributed by atoms with E-state index in [-0.39, 0.29) is 13.2 Å². The number of carbonyl (C=O) groups excluding carboxylic acids is 2. The highest BCUT2D eigenvalue weighted by atomic mass is 16.6. The van der Waals surface area contributed by atoms with Crippen LogP contribution in [0.2, 0.25) is 0 Å². The molecule has 15 heavy (non-hydrogen) atoms. The molecule has 0 radical (unpaired) electrons. The van der Waals surface area contributed by atoms with E-state index < -0.39 is 17.9 Å². The van der Waals surface area contributed by atoms with Gasteiger partial charge in [0.25, 0.3) is 0 Å². The van der Waals surface area contributed by atoms with E-state index in [0.717, 1.165) is 0 Å². The van der Waals surface area contributed by atoms with Crippen LogP contribution in [0.15, 0.2) is 12.7 Å². The molecule has 0 fully saturated rings. The lowest BCUT2D eigenvalue weighted by atomic mass is 10.1. The lowest BCUT2D eigenvalue weighted by Crippen LogP contribution is -2.27. The van der Waals surface area contributed by atoms with Gasteiger partial charge in [-0.25, -0.2) is 0 Å². The van der Waals surface area contributed by atoms with Crippen LogP contribution in [0.5, 0.6) is 0 Å². The van der Waals surface area contributed by atoms with Gasteiger partial charge in [0.1, 0.15) is 0 Å². The summed E-state index contributed by atoms with van der Waals surface area (Å²) in [6.45, 7) is 7.49. The van der Waals surface area contributed by atoms with E-state index in [1.165, 1.54) is 0 Å². The molecule has 4 heteroatoms. The summed E-state index contributed by atoms with van der Waals surface area (Å²) in [5.74, 6) is -1.82. The Balaban J connectivity index is 4.09. The second-order valence-electron chi connectivity index (χ2n) is 2.96. The molecule has 0 saturated heterocycles. The van der Waals surface area contributed by atoms with Crippen molar-refractivity contribution in [3.05, 3.63) is 12.7 Å². The maximum absolute atomic E-state index is 11.4. The lowest BCUT2D eigenvalue weighted by molar-refractivity contribution is -0.161. The highest BCUT2D eigenvalue weighted by Gasteiger charge is 2.27. The average molecular weight is 214 g/mol. The number of esters is 2. The van der Waals surface area contributed by atoms with E-state index in [0.29, 0.717) is 12.8 Å². The molecular formula is C11H18O4. The summed E-state index contributed by atoms with van der Waals surface area (Å²) < 4.78 is 9.65. The van der Waals surface area contributed by atoms with Crippen molar-refractivity contribution in [1.29, 1.82) is 0 Å². The predicted octanol–water partition coefficient (Wildman–Crippen LogP) is 1.70. The molecule has 4 nitrogen and oxygen atoms in total. The van der Waals surface area contributed by atoms with E-state index >= 15 is 0 Å².